The topological polar surface area (TPSA) is 113 Å². The summed E-state index contributed by atoms with van der Waals surface area (Å²) in [5, 5.41) is 3.05. The van der Waals surface area contributed by atoms with E-state index in [1.54, 1.807) is 24.8 Å². The molecule has 0 aromatic carbocycles. The zero-order chi connectivity index (χ0) is 30.7. The van der Waals surface area contributed by atoms with Crippen LogP contribution in [0.1, 0.15) is 72.6 Å². The third-order valence-corrected chi connectivity index (χ3v) is 8.77. The summed E-state index contributed by atoms with van der Waals surface area (Å²) in [5.41, 5.74) is 0.952. The van der Waals surface area contributed by atoms with Crippen molar-refractivity contribution >= 4 is 29.6 Å². The minimum atomic E-state index is -0.459. The van der Waals surface area contributed by atoms with Crippen LogP contribution in [0, 0.1) is 5.92 Å². The molecule has 0 bridgehead atoms. The van der Waals surface area contributed by atoms with Gasteiger partial charge in [0.2, 0.25) is 5.91 Å². The highest BCUT2D eigenvalue weighted by Crippen LogP contribution is 2.43. The Morgan fingerprint density at radius 2 is 1.90 bits per heavy atom. The molecule has 0 saturated carbocycles. The molecule has 8 atom stereocenters. The fraction of sp³-hybridized carbons (Fsp3) is 0.719. The average Bonchev–Trinajstić information content (AvgIpc) is 3.68. The first kappa shape index (κ1) is 34.4. The van der Waals surface area contributed by atoms with Crippen LogP contribution >= 0.6 is 11.8 Å². The Labute approximate surface area is 255 Å². The second-order valence-corrected chi connectivity index (χ2v) is 12.8. The van der Waals surface area contributed by atoms with Gasteiger partial charge in [0.15, 0.2) is 0 Å². The molecule has 9 nitrogen and oxygen atoms in total. The van der Waals surface area contributed by atoms with Gasteiger partial charge in [-0.3, -0.25) is 14.4 Å². The van der Waals surface area contributed by atoms with Gasteiger partial charge in [-0.2, -0.15) is 11.8 Å². The van der Waals surface area contributed by atoms with Gasteiger partial charge in [0.1, 0.15) is 6.10 Å². The van der Waals surface area contributed by atoms with Crippen LogP contribution in [-0.2, 0) is 38.1 Å². The molecule has 10 heteroatoms. The lowest BCUT2D eigenvalue weighted by atomic mass is 9.88. The van der Waals surface area contributed by atoms with E-state index in [-0.39, 0.29) is 66.2 Å². The zero-order valence-electron chi connectivity index (χ0n) is 26.0. The number of hydrogen-bond donors (Lipinski definition) is 1. The van der Waals surface area contributed by atoms with Crippen LogP contribution in [0.2, 0.25) is 0 Å². The van der Waals surface area contributed by atoms with E-state index < -0.39 is 6.10 Å². The number of amides is 1. The van der Waals surface area contributed by atoms with E-state index in [4.69, 9.17) is 23.7 Å². The van der Waals surface area contributed by atoms with Crippen molar-refractivity contribution in [2.75, 3.05) is 25.7 Å². The first-order valence-corrected chi connectivity index (χ1v) is 16.5. The van der Waals surface area contributed by atoms with Gasteiger partial charge in [-0.1, -0.05) is 30.7 Å². The largest absolute Gasteiger partial charge is 0.469 e. The summed E-state index contributed by atoms with van der Waals surface area (Å²) in [6.07, 6.45) is 15.0. The molecule has 3 rings (SSSR count). The number of epoxide rings is 1. The maximum atomic E-state index is 12.5. The predicted octanol–water partition coefficient (Wildman–Crippen LogP) is 4.69. The van der Waals surface area contributed by atoms with Crippen molar-refractivity contribution in [2.24, 2.45) is 5.92 Å². The Kier molecular flexibility index (Phi) is 13.6. The number of methoxy groups -OCH3 is 1. The summed E-state index contributed by atoms with van der Waals surface area (Å²) in [4.78, 5) is 36.2. The molecule has 1 spiro atoms. The fourth-order valence-electron chi connectivity index (χ4n) is 5.51. The quantitative estimate of drug-likeness (QED) is 0.0988. The predicted molar refractivity (Wildman–Crippen MR) is 163 cm³/mol. The van der Waals surface area contributed by atoms with Crippen molar-refractivity contribution in [3.8, 4) is 0 Å². The van der Waals surface area contributed by atoms with Gasteiger partial charge in [-0.25, -0.2) is 0 Å². The van der Waals surface area contributed by atoms with Gasteiger partial charge in [-0.05, 0) is 64.0 Å². The van der Waals surface area contributed by atoms with Gasteiger partial charge in [0.25, 0.3) is 0 Å². The van der Waals surface area contributed by atoms with Crippen LogP contribution in [0.3, 0.4) is 0 Å². The summed E-state index contributed by atoms with van der Waals surface area (Å²) < 4.78 is 28.3. The maximum absolute atomic E-state index is 12.5. The van der Waals surface area contributed by atoms with Crippen LogP contribution in [0.25, 0.3) is 0 Å². The van der Waals surface area contributed by atoms with Crippen LogP contribution in [0.4, 0.5) is 0 Å². The Hall–Kier alpha value is -2.14. The molecule has 1 amide bonds. The lowest BCUT2D eigenvalue weighted by Crippen LogP contribution is -2.50. The number of allylic oxidation sites excluding steroid dienone is 2. The third-order valence-electron chi connectivity index (χ3n) is 8.07. The standard InChI is InChI=1S/C32H49NO8S/c1-21(9-12-25-18-32(20-38-32)19-26(41-25)17-31(36)37-5)10-13-28-22(2)16-27(24(4)40-28)33-29(34)14-11-23(3)39-30(35)8-7-15-42-6/h9-12,14,22-28H,7-8,13,15-20H2,1-6H3,(H,33,34)/t22-,23-,24+,25+,26+,27+,28-,32-/m0/s1. The van der Waals surface area contributed by atoms with Crippen molar-refractivity contribution in [2.45, 2.75) is 115 Å². The second-order valence-electron chi connectivity index (χ2n) is 11.9. The lowest BCUT2D eigenvalue weighted by molar-refractivity contribution is -0.147. The maximum Gasteiger partial charge on any atom is 0.308 e. The molecule has 3 saturated heterocycles. The molecule has 0 aromatic rings. The van der Waals surface area contributed by atoms with Crippen molar-refractivity contribution in [1.29, 1.82) is 0 Å². The number of nitrogens with one attached hydrogen (secondary N) is 1. The van der Waals surface area contributed by atoms with Crippen molar-refractivity contribution < 1.29 is 38.1 Å². The molecule has 0 radical (unpaired) electrons. The van der Waals surface area contributed by atoms with Crippen LogP contribution < -0.4 is 5.32 Å². The highest BCUT2D eigenvalue weighted by Gasteiger charge is 2.51. The molecule has 0 aliphatic carbocycles. The fourth-order valence-corrected chi connectivity index (χ4v) is 5.94. The van der Waals surface area contributed by atoms with E-state index in [2.05, 4.69) is 37.4 Å². The van der Waals surface area contributed by atoms with Gasteiger partial charge in [0.05, 0.1) is 56.2 Å². The average molecular weight is 608 g/mol. The zero-order valence-corrected chi connectivity index (χ0v) is 26.8. The van der Waals surface area contributed by atoms with Crippen LogP contribution in [0.5, 0.6) is 0 Å². The monoisotopic (exact) mass is 607 g/mol. The number of carbonyl (C=O) groups excluding carboxylic acids is 3. The summed E-state index contributed by atoms with van der Waals surface area (Å²) >= 11 is 1.70. The number of thioether (sulfide) groups is 1. The molecule has 3 fully saturated rings. The number of rotatable bonds is 14. The van der Waals surface area contributed by atoms with Crippen molar-refractivity contribution in [3.63, 3.8) is 0 Å². The first-order chi connectivity index (χ1) is 20.0. The molecule has 3 heterocycles. The molecule has 0 aromatic heterocycles. The first-order valence-electron chi connectivity index (χ1n) is 15.1. The minimum absolute atomic E-state index is 0.0519. The van der Waals surface area contributed by atoms with Crippen molar-refractivity contribution in [3.05, 3.63) is 36.0 Å². The van der Waals surface area contributed by atoms with E-state index in [1.165, 1.54) is 13.2 Å². The molecule has 3 aliphatic heterocycles. The number of esters is 2. The molecular formula is C32H49NO8S. The molecular weight excluding hydrogens is 558 g/mol. The Morgan fingerprint density at radius 3 is 2.60 bits per heavy atom. The van der Waals surface area contributed by atoms with Crippen molar-refractivity contribution in [1.82, 2.24) is 5.32 Å². The van der Waals surface area contributed by atoms with E-state index in [0.717, 1.165) is 43.4 Å². The SMILES string of the molecule is COC(=O)C[C@@H]1C[C@]2(CO2)C[C@@H](C=CC(C)=CC[C@@H]2O[C@H](C)[C@H](NC(=O)C=C[C@H](C)OC(=O)CCCSC)C[C@@H]2C)O1. The second kappa shape index (κ2) is 16.6. The summed E-state index contributed by atoms with van der Waals surface area (Å²) in [6, 6.07) is -0.0962. The van der Waals surface area contributed by atoms with E-state index in [9.17, 15) is 14.4 Å². The van der Waals surface area contributed by atoms with Crippen LogP contribution in [0.15, 0.2) is 36.0 Å². The summed E-state index contributed by atoms with van der Waals surface area (Å²) in [5.74, 6) is 0.448. The Balaban J connectivity index is 1.42. The number of carbonyl (C=O) groups is 3. The van der Waals surface area contributed by atoms with Gasteiger partial charge in [0, 0.05) is 25.3 Å². The lowest BCUT2D eigenvalue weighted by Gasteiger charge is -2.39. The van der Waals surface area contributed by atoms with Gasteiger partial charge in [-0.15, -0.1) is 0 Å². The number of hydrogen-bond acceptors (Lipinski definition) is 9. The molecule has 0 unspecified atom stereocenters. The normalized spacial score (nSPS) is 32.2. The molecule has 42 heavy (non-hydrogen) atoms. The van der Waals surface area contributed by atoms with Crippen LogP contribution in [-0.4, -0.2) is 85.7 Å². The molecule has 1 N–H and O–H groups in total. The highest BCUT2D eigenvalue weighted by atomic mass is 32.2. The summed E-state index contributed by atoms with van der Waals surface area (Å²) in [7, 11) is 1.39. The highest BCUT2D eigenvalue weighted by molar-refractivity contribution is 7.98. The van der Waals surface area contributed by atoms with Gasteiger partial charge < -0.3 is 29.0 Å². The third kappa shape index (κ3) is 11.5. The Morgan fingerprint density at radius 1 is 1.14 bits per heavy atom. The Bertz CT molecular complexity index is 1010. The van der Waals surface area contributed by atoms with E-state index in [0.29, 0.717) is 13.0 Å². The van der Waals surface area contributed by atoms with Gasteiger partial charge >= 0.3 is 11.9 Å². The van der Waals surface area contributed by atoms with E-state index in [1.807, 2.05) is 13.2 Å². The van der Waals surface area contributed by atoms with E-state index >= 15 is 0 Å². The molecule has 236 valence electrons. The number of ether oxygens (including phenoxy) is 5. The molecule has 3 aliphatic rings. The summed E-state index contributed by atoms with van der Waals surface area (Å²) in [6.45, 7) is 8.66. The smallest absolute Gasteiger partial charge is 0.308 e. The minimum Gasteiger partial charge on any atom is -0.469 e.